The first-order valence-corrected chi connectivity index (χ1v) is 5.79. The van der Waals surface area contributed by atoms with Crippen molar-refractivity contribution in [3.05, 3.63) is 41.6 Å². The van der Waals surface area contributed by atoms with Crippen molar-refractivity contribution >= 4 is 22.4 Å². The lowest BCUT2D eigenvalue weighted by Gasteiger charge is -2.00. The number of H-pyrrole nitrogens is 1. The molecule has 0 atom stereocenters. The van der Waals surface area contributed by atoms with Gasteiger partial charge in [0.2, 0.25) is 0 Å². The van der Waals surface area contributed by atoms with Gasteiger partial charge in [0.05, 0.1) is 5.56 Å². The highest BCUT2D eigenvalue weighted by molar-refractivity contribution is 5.98. The molecule has 17 heavy (non-hydrogen) atoms. The van der Waals surface area contributed by atoms with Gasteiger partial charge in [-0.2, -0.15) is 0 Å². The van der Waals surface area contributed by atoms with Crippen molar-refractivity contribution in [2.45, 2.75) is 19.3 Å². The van der Waals surface area contributed by atoms with Crippen molar-refractivity contribution < 1.29 is 9.90 Å². The molecule has 3 nitrogen and oxygen atoms in total. The van der Waals surface area contributed by atoms with E-state index in [-0.39, 0.29) is 0 Å². The average Bonchev–Trinajstić information content (AvgIpc) is 2.96. The van der Waals surface area contributed by atoms with Crippen molar-refractivity contribution in [3.8, 4) is 0 Å². The number of aromatic carboxylic acids is 1. The van der Waals surface area contributed by atoms with E-state index >= 15 is 0 Å². The zero-order valence-electron chi connectivity index (χ0n) is 9.36. The summed E-state index contributed by atoms with van der Waals surface area (Å²) in [5.74, 6) is -0.886. The molecule has 0 aliphatic heterocycles. The maximum Gasteiger partial charge on any atom is 0.335 e. The Morgan fingerprint density at radius 2 is 2.24 bits per heavy atom. The molecule has 3 rings (SSSR count). The monoisotopic (exact) mass is 227 g/mol. The van der Waals surface area contributed by atoms with E-state index in [2.05, 4.69) is 11.1 Å². The molecule has 86 valence electrons. The van der Waals surface area contributed by atoms with Crippen LogP contribution in [0.2, 0.25) is 0 Å². The zero-order valence-corrected chi connectivity index (χ0v) is 9.36. The summed E-state index contributed by atoms with van der Waals surface area (Å²) in [7, 11) is 0. The van der Waals surface area contributed by atoms with Gasteiger partial charge in [0.1, 0.15) is 0 Å². The van der Waals surface area contributed by atoms with Gasteiger partial charge in [-0.15, -0.1) is 0 Å². The first-order chi connectivity index (χ1) is 8.25. The second-order valence-electron chi connectivity index (χ2n) is 4.39. The van der Waals surface area contributed by atoms with Crippen molar-refractivity contribution in [1.82, 2.24) is 4.98 Å². The van der Waals surface area contributed by atoms with Crippen LogP contribution in [-0.2, 0) is 0 Å². The lowest BCUT2D eigenvalue weighted by atomic mass is 10.0. The molecular weight excluding hydrogens is 214 g/mol. The van der Waals surface area contributed by atoms with Crippen LogP contribution >= 0.6 is 0 Å². The molecule has 0 radical (unpaired) electrons. The van der Waals surface area contributed by atoms with Crippen LogP contribution in [0, 0.1) is 0 Å². The molecule has 0 amide bonds. The SMILES string of the molecule is O=C(O)c1ccc2c(C3=CCCC3)c[nH]c2c1. The summed E-state index contributed by atoms with van der Waals surface area (Å²) in [6.45, 7) is 0. The fourth-order valence-electron chi connectivity index (χ4n) is 2.44. The maximum atomic E-state index is 10.9. The molecule has 0 unspecified atom stereocenters. The minimum atomic E-state index is -0.886. The van der Waals surface area contributed by atoms with Gasteiger partial charge in [0.25, 0.3) is 0 Å². The lowest BCUT2D eigenvalue weighted by molar-refractivity contribution is 0.0697. The zero-order chi connectivity index (χ0) is 11.8. The van der Waals surface area contributed by atoms with E-state index in [9.17, 15) is 4.79 Å². The van der Waals surface area contributed by atoms with E-state index in [0.29, 0.717) is 5.56 Å². The van der Waals surface area contributed by atoms with Gasteiger partial charge in [0.15, 0.2) is 0 Å². The van der Waals surface area contributed by atoms with E-state index in [1.165, 1.54) is 17.6 Å². The molecule has 1 heterocycles. The first-order valence-electron chi connectivity index (χ1n) is 5.79. The van der Waals surface area contributed by atoms with Crippen molar-refractivity contribution in [3.63, 3.8) is 0 Å². The average molecular weight is 227 g/mol. The molecule has 2 aromatic rings. The quantitative estimate of drug-likeness (QED) is 0.825. The predicted octanol–water partition coefficient (Wildman–Crippen LogP) is 3.43. The summed E-state index contributed by atoms with van der Waals surface area (Å²) < 4.78 is 0. The topological polar surface area (TPSA) is 53.1 Å². The molecule has 1 aromatic carbocycles. The highest BCUT2D eigenvalue weighted by Gasteiger charge is 2.13. The first kappa shape index (κ1) is 10.1. The number of allylic oxidation sites excluding steroid dienone is 2. The summed E-state index contributed by atoms with van der Waals surface area (Å²) in [6, 6.07) is 5.25. The fraction of sp³-hybridized carbons (Fsp3) is 0.214. The highest BCUT2D eigenvalue weighted by Crippen LogP contribution is 2.32. The van der Waals surface area contributed by atoms with Crippen LogP contribution in [0.1, 0.15) is 35.2 Å². The fourth-order valence-corrected chi connectivity index (χ4v) is 2.44. The molecule has 0 saturated heterocycles. The molecule has 2 N–H and O–H groups in total. The third-order valence-corrected chi connectivity index (χ3v) is 3.32. The third-order valence-electron chi connectivity index (χ3n) is 3.32. The van der Waals surface area contributed by atoms with Crippen LogP contribution in [-0.4, -0.2) is 16.1 Å². The van der Waals surface area contributed by atoms with Crippen molar-refractivity contribution in [2.75, 3.05) is 0 Å². The van der Waals surface area contributed by atoms with Gasteiger partial charge in [-0.1, -0.05) is 12.1 Å². The minimum absolute atomic E-state index is 0.325. The van der Waals surface area contributed by atoms with Crippen LogP contribution in [0.3, 0.4) is 0 Å². The summed E-state index contributed by atoms with van der Waals surface area (Å²) in [6.07, 6.45) is 7.74. The Balaban J connectivity index is 2.13. The van der Waals surface area contributed by atoms with E-state index in [1.807, 2.05) is 12.3 Å². The van der Waals surface area contributed by atoms with E-state index in [0.717, 1.165) is 23.7 Å². The number of nitrogens with one attached hydrogen (secondary N) is 1. The number of benzene rings is 1. The smallest absolute Gasteiger partial charge is 0.335 e. The van der Waals surface area contributed by atoms with Crippen LogP contribution in [0.4, 0.5) is 0 Å². The van der Waals surface area contributed by atoms with Crippen molar-refractivity contribution in [2.24, 2.45) is 0 Å². The number of carboxylic acid groups (broad SMARTS) is 1. The number of aromatic nitrogens is 1. The second-order valence-corrected chi connectivity index (χ2v) is 4.39. The Kier molecular flexibility index (Phi) is 2.25. The molecule has 1 aliphatic carbocycles. The molecule has 0 bridgehead atoms. The van der Waals surface area contributed by atoms with E-state index in [4.69, 9.17) is 5.11 Å². The number of aromatic amines is 1. The van der Waals surface area contributed by atoms with Crippen LogP contribution in [0.5, 0.6) is 0 Å². The Bertz CT molecular complexity index is 622. The second kappa shape index (κ2) is 3.77. The number of hydrogen-bond donors (Lipinski definition) is 2. The number of carbonyl (C=O) groups is 1. The lowest BCUT2D eigenvalue weighted by Crippen LogP contribution is -1.94. The summed E-state index contributed by atoms with van der Waals surface area (Å²) in [4.78, 5) is 14.0. The largest absolute Gasteiger partial charge is 0.478 e. The Hall–Kier alpha value is -2.03. The number of fused-ring (bicyclic) bond motifs is 1. The summed E-state index contributed by atoms with van der Waals surface area (Å²) >= 11 is 0. The van der Waals surface area contributed by atoms with Crippen LogP contribution in [0.15, 0.2) is 30.5 Å². The number of hydrogen-bond acceptors (Lipinski definition) is 1. The Labute approximate surface area is 98.8 Å². The molecule has 0 saturated carbocycles. The van der Waals surface area contributed by atoms with E-state index in [1.54, 1.807) is 12.1 Å². The van der Waals surface area contributed by atoms with Crippen LogP contribution in [0.25, 0.3) is 16.5 Å². The van der Waals surface area contributed by atoms with Gasteiger partial charge in [0, 0.05) is 22.7 Å². The highest BCUT2D eigenvalue weighted by atomic mass is 16.4. The molecular formula is C14H13NO2. The van der Waals surface area contributed by atoms with Gasteiger partial charge in [-0.3, -0.25) is 0 Å². The van der Waals surface area contributed by atoms with Gasteiger partial charge in [-0.25, -0.2) is 4.79 Å². The molecule has 0 fully saturated rings. The molecule has 1 aliphatic rings. The van der Waals surface area contributed by atoms with Gasteiger partial charge in [-0.05, 0) is 37.0 Å². The number of carboxylic acids is 1. The summed E-state index contributed by atoms with van der Waals surface area (Å²) in [5, 5.41) is 10.1. The Morgan fingerprint density at radius 3 is 2.94 bits per heavy atom. The van der Waals surface area contributed by atoms with E-state index < -0.39 is 5.97 Å². The maximum absolute atomic E-state index is 10.9. The van der Waals surface area contributed by atoms with Gasteiger partial charge < -0.3 is 10.1 Å². The van der Waals surface area contributed by atoms with Crippen LogP contribution < -0.4 is 0 Å². The number of rotatable bonds is 2. The molecule has 0 spiro atoms. The predicted molar refractivity (Wildman–Crippen MR) is 67.1 cm³/mol. The summed E-state index contributed by atoms with van der Waals surface area (Å²) in [5.41, 5.74) is 3.81. The molecule has 1 aromatic heterocycles. The minimum Gasteiger partial charge on any atom is -0.478 e. The third kappa shape index (κ3) is 1.64. The molecule has 3 heteroatoms. The normalized spacial score (nSPS) is 15.2. The standard InChI is InChI=1S/C14H13NO2/c16-14(17)10-5-6-11-12(8-15-13(11)7-10)9-3-1-2-4-9/h3,5-8,15H,1-2,4H2,(H,16,17). The van der Waals surface area contributed by atoms with Gasteiger partial charge >= 0.3 is 5.97 Å². The Morgan fingerprint density at radius 1 is 1.35 bits per heavy atom. The van der Waals surface area contributed by atoms with Crippen molar-refractivity contribution in [1.29, 1.82) is 0 Å².